The first kappa shape index (κ1) is 16.6. The first-order valence-corrected chi connectivity index (χ1v) is 7.60. The molecule has 0 radical (unpaired) electrons. The molecular formula is C12H15Cl2NO3S. The van der Waals surface area contributed by atoms with Crippen LogP contribution < -0.4 is 5.32 Å². The summed E-state index contributed by atoms with van der Waals surface area (Å²) in [6, 6.07) is 6.33. The minimum Gasteiger partial charge on any atom is -0.394 e. The number of carbonyl (C=O) groups excluding carboxylic acids is 1. The highest BCUT2D eigenvalue weighted by atomic mass is 35.5. The van der Waals surface area contributed by atoms with Crippen LogP contribution in [0.2, 0.25) is 0 Å². The van der Waals surface area contributed by atoms with Crippen molar-refractivity contribution < 1.29 is 15.0 Å². The molecule has 1 aromatic rings. The van der Waals surface area contributed by atoms with Gasteiger partial charge in [-0.3, -0.25) is 4.79 Å². The molecule has 0 fully saturated rings. The molecule has 1 amide bonds. The molecule has 3 N–H and O–H groups in total. The van der Waals surface area contributed by atoms with Crippen molar-refractivity contribution in [2.45, 2.75) is 21.9 Å². The number of rotatable bonds is 6. The van der Waals surface area contributed by atoms with Gasteiger partial charge in [0.15, 0.2) is 4.84 Å². The van der Waals surface area contributed by atoms with E-state index in [-0.39, 0.29) is 0 Å². The molecule has 0 saturated heterocycles. The van der Waals surface area contributed by atoms with E-state index in [2.05, 4.69) is 5.32 Å². The van der Waals surface area contributed by atoms with Crippen LogP contribution in [0, 0.1) is 0 Å². The number of carbonyl (C=O) groups is 1. The van der Waals surface area contributed by atoms with Gasteiger partial charge in [-0.1, -0.05) is 35.3 Å². The molecule has 2 atom stereocenters. The van der Waals surface area contributed by atoms with Crippen molar-refractivity contribution in [1.29, 1.82) is 0 Å². The summed E-state index contributed by atoms with van der Waals surface area (Å²) in [5.41, 5.74) is 0.595. The third-order valence-corrected chi connectivity index (χ3v) is 3.70. The van der Waals surface area contributed by atoms with Crippen LogP contribution >= 0.6 is 35.0 Å². The third-order valence-electron chi connectivity index (χ3n) is 2.56. The zero-order valence-electron chi connectivity index (χ0n) is 10.2. The molecular weight excluding hydrogens is 309 g/mol. The lowest BCUT2D eigenvalue weighted by Crippen LogP contribution is -2.44. The Hall–Kier alpha value is -0.460. The molecule has 4 nitrogen and oxygen atoms in total. The van der Waals surface area contributed by atoms with E-state index in [0.717, 1.165) is 4.90 Å². The molecule has 0 bridgehead atoms. The Kier molecular flexibility index (Phi) is 6.96. The second-order valence-electron chi connectivity index (χ2n) is 3.82. The largest absolute Gasteiger partial charge is 0.394 e. The van der Waals surface area contributed by atoms with Gasteiger partial charge in [0.2, 0.25) is 0 Å². The number of hydrogen-bond acceptors (Lipinski definition) is 4. The van der Waals surface area contributed by atoms with Crippen LogP contribution in [-0.2, 0) is 4.79 Å². The number of alkyl halides is 2. The molecule has 1 rings (SSSR count). The number of aliphatic hydroxyl groups excluding tert-OH is 2. The van der Waals surface area contributed by atoms with Crippen molar-refractivity contribution in [3.63, 3.8) is 0 Å². The van der Waals surface area contributed by atoms with E-state index in [0.29, 0.717) is 5.56 Å². The van der Waals surface area contributed by atoms with Crippen LogP contribution in [-0.4, -0.2) is 39.9 Å². The maximum Gasteiger partial charge on any atom is 0.253 e. The average Bonchev–Trinajstić information content (AvgIpc) is 2.43. The first-order valence-electron chi connectivity index (χ1n) is 5.51. The van der Waals surface area contributed by atoms with Crippen LogP contribution in [0.3, 0.4) is 0 Å². The molecule has 0 heterocycles. The highest BCUT2D eigenvalue weighted by Crippen LogP contribution is 2.21. The average molecular weight is 324 g/mol. The van der Waals surface area contributed by atoms with E-state index in [9.17, 15) is 15.0 Å². The van der Waals surface area contributed by atoms with E-state index in [1.54, 1.807) is 23.9 Å². The molecule has 0 aliphatic carbocycles. The predicted molar refractivity (Wildman–Crippen MR) is 77.7 cm³/mol. The number of halogens is 2. The monoisotopic (exact) mass is 323 g/mol. The van der Waals surface area contributed by atoms with Crippen molar-refractivity contribution in [2.24, 2.45) is 0 Å². The molecule has 0 aliphatic heterocycles. The Morgan fingerprint density at radius 3 is 2.37 bits per heavy atom. The zero-order chi connectivity index (χ0) is 14.4. The van der Waals surface area contributed by atoms with Crippen molar-refractivity contribution in [2.75, 3.05) is 12.9 Å². The molecule has 0 saturated carbocycles. The summed E-state index contributed by atoms with van der Waals surface area (Å²) in [7, 11) is 0. The summed E-state index contributed by atoms with van der Waals surface area (Å²) in [4.78, 5) is 11.2. The Morgan fingerprint density at radius 1 is 1.37 bits per heavy atom. The molecule has 106 valence electrons. The summed E-state index contributed by atoms with van der Waals surface area (Å²) in [5.74, 6) is -0.651. The van der Waals surface area contributed by atoms with E-state index >= 15 is 0 Å². The van der Waals surface area contributed by atoms with E-state index in [1.807, 2.05) is 18.4 Å². The molecule has 7 heteroatoms. The van der Waals surface area contributed by atoms with Gasteiger partial charge >= 0.3 is 0 Å². The molecule has 19 heavy (non-hydrogen) atoms. The number of nitrogens with one attached hydrogen (secondary N) is 1. The molecule has 0 spiro atoms. The lowest BCUT2D eigenvalue weighted by atomic mass is 10.0. The standard InChI is InChI=1S/C12H15Cl2NO3S/c1-19-8-4-2-7(3-5-8)10(17)9(6-16)15-12(18)11(13)14/h2-5,9-11,16-17H,6H2,1H3,(H,15,18)/t9-,10+/m0/s1. The van der Waals surface area contributed by atoms with Gasteiger partial charge in [0.25, 0.3) is 5.91 Å². The lowest BCUT2D eigenvalue weighted by molar-refractivity contribution is -0.121. The van der Waals surface area contributed by atoms with E-state index < -0.39 is 29.5 Å². The normalized spacial score (nSPS) is 14.2. The maximum absolute atomic E-state index is 11.3. The number of thioether (sulfide) groups is 1. The fourth-order valence-electron chi connectivity index (χ4n) is 1.50. The number of aliphatic hydroxyl groups is 2. The summed E-state index contributed by atoms with van der Waals surface area (Å²) in [6.07, 6.45) is 0.917. The topological polar surface area (TPSA) is 69.6 Å². The molecule has 0 aliphatic rings. The van der Waals surface area contributed by atoms with Crippen molar-refractivity contribution in [1.82, 2.24) is 5.32 Å². The van der Waals surface area contributed by atoms with Crippen molar-refractivity contribution >= 4 is 40.9 Å². The Balaban J connectivity index is 2.76. The van der Waals surface area contributed by atoms with Crippen molar-refractivity contribution in [3.05, 3.63) is 29.8 Å². The number of amides is 1. The summed E-state index contributed by atoms with van der Waals surface area (Å²) < 4.78 is 0. The molecule has 1 aromatic carbocycles. The second kappa shape index (κ2) is 7.97. The highest BCUT2D eigenvalue weighted by Gasteiger charge is 2.24. The predicted octanol–water partition coefficient (Wildman–Crippen LogP) is 1.72. The fraction of sp³-hybridized carbons (Fsp3) is 0.417. The van der Waals surface area contributed by atoms with Gasteiger partial charge in [-0.15, -0.1) is 11.8 Å². The van der Waals surface area contributed by atoms with Crippen LogP contribution in [0.1, 0.15) is 11.7 Å². The Morgan fingerprint density at radius 2 is 1.95 bits per heavy atom. The highest BCUT2D eigenvalue weighted by molar-refractivity contribution is 7.98. The molecule has 0 unspecified atom stereocenters. The lowest BCUT2D eigenvalue weighted by Gasteiger charge is -2.23. The molecule has 0 aromatic heterocycles. The van der Waals surface area contributed by atoms with E-state index in [4.69, 9.17) is 23.2 Å². The van der Waals surface area contributed by atoms with Crippen LogP contribution in [0.15, 0.2) is 29.2 Å². The minimum atomic E-state index is -1.24. The van der Waals surface area contributed by atoms with E-state index in [1.165, 1.54) is 0 Å². The zero-order valence-corrected chi connectivity index (χ0v) is 12.5. The first-order chi connectivity index (χ1) is 8.99. The number of hydrogen-bond donors (Lipinski definition) is 3. The number of benzene rings is 1. The van der Waals surface area contributed by atoms with Gasteiger partial charge in [0, 0.05) is 4.90 Å². The quantitative estimate of drug-likeness (QED) is 0.550. The fourth-order valence-corrected chi connectivity index (χ4v) is 2.04. The van der Waals surface area contributed by atoms with Gasteiger partial charge in [-0.2, -0.15) is 0 Å². The van der Waals surface area contributed by atoms with Gasteiger partial charge in [-0.05, 0) is 24.0 Å². The minimum absolute atomic E-state index is 0.419. The van der Waals surface area contributed by atoms with Gasteiger partial charge < -0.3 is 15.5 Å². The van der Waals surface area contributed by atoms with Gasteiger partial charge in [0.1, 0.15) is 6.10 Å². The third kappa shape index (κ3) is 4.85. The summed E-state index contributed by atoms with van der Waals surface area (Å²) in [5, 5.41) is 21.7. The Bertz CT molecular complexity index is 414. The van der Waals surface area contributed by atoms with Crippen LogP contribution in [0.4, 0.5) is 0 Å². The van der Waals surface area contributed by atoms with Crippen LogP contribution in [0.25, 0.3) is 0 Å². The van der Waals surface area contributed by atoms with Gasteiger partial charge in [0.05, 0.1) is 12.6 Å². The maximum atomic E-state index is 11.3. The van der Waals surface area contributed by atoms with Crippen molar-refractivity contribution in [3.8, 4) is 0 Å². The Labute approximate surface area is 126 Å². The SMILES string of the molecule is CSc1ccc([C@@H](O)[C@H](CO)NC(=O)C(Cl)Cl)cc1. The summed E-state index contributed by atoms with van der Waals surface area (Å²) >= 11 is 12.4. The van der Waals surface area contributed by atoms with Crippen LogP contribution in [0.5, 0.6) is 0 Å². The smallest absolute Gasteiger partial charge is 0.253 e. The van der Waals surface area contributed by atoms with Gasteiger partial charge in [-0.25, -0.2) is 0 Å². The second-order valence-corrected chi connectivity index (χ2v) is 5.79. The summed E-state index contributed by atoms with van der Waals surface area (Å²) in [6.45, 7) is -0.419.